The highest BCUT2D eigenvalue weighted by atomic mass is 79.9. The fraction of sp³-hybridized carbons (Fsp3) is 0.353. The third-order valence-corrected chi connectivity index (χ3v) is 4.31. The molecule has 1 aromatic carbocycles. The van der Waals surface area contributed by atoms with E-state index in [1.54, 1.807) is 0 Å². The van der Waals surface area contributed by atoms with Crippen LogP contribution in [0.3, 0.4) is 0 Å². The molecule has 0 saturated heterocycles. The average Bonchev–Trinajstić information content (AvgIpc) is 2.50. The van der Waals surface area contributed by atoms with Gasteiger partial charge >= 0.3 is 0 Å². The summed E-state index contributed by atoms with van der Waals surface area (Å²) in [4.78, 5) is 6.66. The van der Waals surface area contributed by atoms with Gasteiger partial charge in [-0.3, -0.25) is 0 Å². The van der Waals surface area contributed by atoms with Crippen molar-refractivity contribution in [1.82, 2.24) is 10.3 Å². The van der Waals surface area contributed by atoms with Gasteiger partial charge in [0.05, 0.1) is 0 Å². The van der Waals surface area contributed by atoms with Gasteiger partial charge in [0.25, 0.3) is 0 Å². The van der Waals surface area contributed by atoms with Crippen molar-refractivity contribution in [2.75, 3.05) is 18.5 Å². The molecule has 0 radical (unpaired) electrons. The molecule has 2 aromatic rings. The lowest BCUT2D eigenvalue weighted by molar-refractivity contribution is 0.597. The van der Waals surface area contributed by atoms with Gasteiger partial charge in [0, 0.05) is 30.3 Å². The van der Waals surface area contributed by atoms with Crippen molar-refractivity contribution in [3.05, 3.63) is 58.2 Å². The summed E-state index contributed by atoms with van der Waals surface area (Å²) in [5, 5.41) is 3.43. The Bertz CT molecular complexity index is 586. The molecule has 0 fully saturated rings. The molecule has 0 aliphatic carbocycles. The smallest absolute Gasteiger partial charge is 0.128 e. The highest BCUT2D eigenvalue weighted by Crippen LogP contribution is 2.22. The molecule has 1 heterocycles. The molecule has 112 valence electrons. The maximum atomic E-state index is 4.49. The number of rotatable bonds is 6. The van der Waals surface area contributed by atoms with Crippen molar-refractivity contribution < 1.29 is 0 Å². The fourth-order valence-electron chi connectivity index (χ4n) is 2.30. The van der Waals surface area contributed by atoms with Crippen molar-refractivity contribution >= 4 is 21.7 Å². The maximum Gasteiger partial charge on any atom is 0.128 e. The quantitative estimate of drug-likeness (QED) is 0.850. The maximum absolute atomic E-state index is 4.49. The predicted octanol–water partition coefficient (Wildman–Crippen LogP) is 4.15. The second kappa shape index (κ2) is 7.57. The zero-order chi connectivity index (χ0) is 15.2. The summed E-state index contributed by atoms with van der Waals surface area (Å²) in [5.74, 6) is 0.994. The van der Waals surface area contributed by atoms with Gasteiger partial charge < -0.3 is 10.2 Å². The Morgan fingerprint density at radius 1 is 1.29 bits per heavy atom. The highest BCUT2D eigenvalue weighted by molar-refractivity contribution is 9.10. The first kappa shape index (κ1) is 16.0. The standard InChI is InChI=1S/C17H22BrN3/c1-4-19-13(2)14-9-10-20-17(11-14)21(3)12-15-7-5-6-8-16(15)18/h5-11,13,19H,4,12H2,1-3H3. The van der Waals surface area contributed by atoms with Crippen LogP contribution in [-0.2, 0) is 6.54 Å². The number of halogens is 1. The molecule has 2 rings (SSSR count). The summed E-state index contributed by atoms with van der Waals surface area (Å²) in [6.07, 6.45) is 1.88. The summed E-state index contributed by atoms with van der Waals surface area (Å²) < 4.78 is 1.13. The Morgan fingerprint density at radius 2 is 2.05 bits per heavy atom. The number of nitrogens with zero attached hydrogens (tertiary/aromatic N) is 2. The first-order valence-corrected chi connectivity index (χ1v) is 8.05. The summed E-state index contributed by atoms with van der Waals surface area (Å²) in [6.45, 7) is 6.09. The molecule has 21 heavy (non-hydrogen) atoms. The van der Waals surface area contributed by atoms with Crippen molar-refractivity contribution in [2.45, 2.75) is 26.4 Å². The van der Waals surface area contributed by atoms with Crippen molar-refractivity contribution in [1.29, 1.82) is 0 Å². The average molecular weight is 348 g/mol. The number of anilines is 1. The van der Waals surface area contributed by atoms with E-state index in [1.165, 1.54) is 11.1 Å². The van der Waals surface area contributed by atoms with Crippen LogP contribution in [0.4, 0.5) is 5.82 Å². The monoisotopic (exact) mass is 347 g/mol. The van der Waals surface area contributed by atoms with Gasteiger partial charge in [0.2, 0.25) is 0 Å². The van der Waals surface area contributed by atoms with Gasteiger partial charge in [-0.1, -0.05) is 41.1 Å². The van der Waals surface area contributed by atoms with E-state index in [0.717, 1.165) is 23.4 Å². The van der Waals surface area contributed by atoms with E-state index < -0.39 is 0 Å². The molecule has 0 aliphatic rings. The van der Waals surface area contributed by atoms with Gasteiger partial charge in [-0.15, -0.1) is 0 Å². The van der Waals surface area contributed by atoms with E-state index >= 15 is 0 Å². The van der Waals surface area contributed by atoms with E-state index in [0.29, 0.717) is 6.04 Å². The normalized spacial score (nSPS) is 12.2. The molecule has 1 N–H and O–H groups in total. The summed E-state index contributed by atoms with van der Waals surface area (Å²) in [6, 6.07) is 12.9. The number of aromatic nitrogens is 1. The van der Waals surface area contributed by atoms with Gasteiger partial charge in [-0.05, 0) is 42.8 Å². The Balaban J connectivity index is 2.14. The lowest BCUT2D eigenvalue weighted by Gasteiger charge is -2.21. The van der Waals surface area contributed by atoms with Crippen LogP contribution in [0.15, 0.2) is 47.1 Å². The first-order chi connectivity index (χ1) is 10.1. The van der Waals surface area contributed by atoms with Crippen LogP contribution in [0.5, 0.6) is 0 Å². The zero-order valence-electron chi connectivity index (χ0n) is 12.8. The Kier molecular flexibility index (Phi) is 5.76. The minimum absolute atomic E-state index is 0.341. The predicted molar refractivity (Wildman–Crippen MR) is 92.6 cm³/mol. The third kappa shape index (κ3) is 4.29. The van der Waals surface area contributed by atoms with Crippen LogP contribution in [0.2, 0.25) is 0 Å². The summed E-state index contributed by atoms with van der Waals surface area (Å²) >= 11 is 3.60. The van der Waals surface area contributed by atoms with Gasteiger partial charge in [-0.2, -0.15) is 0 Å². The number of hydrogen-bond donors (Lipinski definition) is 1. The Labute approximate surface area is 135 Å². The summed E-state index contributed by atoms with van der Waals surface area (Å²) in [5.41, 5.74) is 2.52. The Morgan fingerprint density at radius 3 is 2.76 bits per heavy atom. The summed E-state index contributed by atoms with van der Waals surface area (Å²) in [7, 11) is 2.07. The van der Waals surface area contributed by atoms with Crippen LogP contribution in [0.25, 0.3) is 0 Å². The van der Waals surface area contributed by atoms with Crippen LogP contribution >= 0.6 is 15.9 Å². The molecule has 0 saturated carbocycles. The number of nitrogens with one attached hydrogen (secondary N) is 1. The largest absolute Gasteiger partial charge is 0.355 e. The zero-order valence-corrected chi connectivity index (χ0v) is 14.4. The van der Waals surface area contributed by atoms with Crippen LogP contribution in [0, 0.1) is 0 Å². The molecule has 3 nitrogen and oxygen atoms in total. The molecule has 0 bridgehead atoms. The molecule has 0 aliphatic heterocycles. The van der Waals surface area contributed by atoms with E-state index in [4.69, 9.17) is 0 Å². The van der Waals surface area contributed by atoms with Crippen LogP contribution in [0.1, 0.15) is 31.0 Å². The van der Waals surface area contributed by atoms with Gasteiger partial charge in [0.15, 0.2) is 0 Å². The first-order valence-electron chi connectivity index (χ1n) is 7.25. The SMILES string of the molecule is CCNC(C)c1ccnc(N(C)Cc2ccccc2Br)c1. The van der Waals surface area contributed by atoms with Crippen LogP contribution < -0.4 is 10.2 Å². The number of pyridine rings is 1. The lowest BCUT2D eigenvalue weighted by Crippen LogP contribution is -2.20. The molecule has 0 amide bonds. The molecule has 0 spiro atoms. The molecule has 1 atom stereocenters. The van der Waals surface area contributed by atoms with Crippen LogP contribution in [-0.4, -0.2) is 18.6 Å². The van der Waals surface area contributed by atoms with E-state index in [2.05, 4.69) is 82.4 Å². The number of hydrogen-bond acceptors (Lipinski definition) is 3. The minimum Gasteiger partial charge on any atom is -0.355 e. The van der Waals surface area contributed by atoms with E-state index in [-0.39, 0.29) is 0 Å². The highest BCUT2D eigenvalue weighted by Gasteiger charge is 2.09. The van der Waals surface area contributed by atoms with E-state index in [9.17, 15) is 0 Å². The van der Waals surface area contributed by atoms with Crippen molar-refractivity contribution in [3.8, 4) is 0 Å². The third-order valence-electron chi connectivity index (χ3n) is 3.54. The molecular weight excluding hydrogens is 326 g/mol. The van der Waals surface area contributed by atoms with Gasteiger partial charge in [-0.25, -0.2) is 4.98 Å². The van der Waals surface area contributed by atoms with Crippen molar-refractivity contribution in [2.24, 2.45) is 0 Å². The molecule has 1 aromatic heterocycles. The Hall–Kier alpha value is -1.39. The molecular formula is C17H22BrN3. The minimum atomic E-state index is 0.341. The van der Waals surface area contributed by atoms with Gasteiger partial charge in [0.1, 0.15) is 5.82 Å². The lowest BCUT2D eigenvalue weighted by atomic mass is 10.1. The van der Waals surface area contributed by atoms with Crippen molar-refractivity contribution in [3.63, 3.8) is 0 Å². The second-order valence-corrected chi connectivity index (χ2v) is 6.03. The number of benzene rings is 1. The van der Waals surface area contributed by atoms with E-state index in [1.807, 2.05) is 12.3 Å². The fourth-order valence-corrected chi connectivity index (χ4v) is 2.71. The topological polar surface area (TPSA) is 28.2 Å². The molecule has 4 heteroatoms. The molecule has 1 unspecified atom stereocenters. The second-order valence-electron chi connectivity index (χ2n) is 5.17.